The zero-order chi connectivity index (χ0) is 21.8. The first-order valence-corrected chi connectivity index (χ1v) is 10.5. The first-order chi connectivity index (χ1) is 15.0. The molecule has 0 aliphatic carbocycles. The minimum Gasteiger partial charge on any atom is -0.484 e. The number of amides is 2. The lowest BCUT2D eigenvalue weighted by Gasteiger charge is -2.33. The van der Waals surface area contributed by atoms with E-state index in [4.69, 9.17) is 4.74 Å². The van der Waals surface area contributed by atoms with Gasteiger partial charge in [-0.1, -0.05) is 6.07 Å². The molecule has 2 aliphatic rings. The van der Waals surface area contributed by atoms with Gasteiger partial charge in [0.25, 0.3) is 5.91 Å². The number of nitrogens with one attached hydrogen (secondary N) is 2. The molecule has 0 saturated carbocycles. The van der Waals surface area contributed by atoms with Gasteiger partial charge in [0.1, 0.15) is 17.4 Å². The van der Waals surface area contributed by atoms with E-state index in [1.54, 1.807) is 12.1 Å². The maximum absolute atomic E-state index is 13.9. The van der Waals surface area contributed by atoms with Crippen LogP contribution >= 0.6 is 0 Å². The lowest BCUT2D eigenvalue weighted by atomic mass is 10.0. The van der Waals surface area contributed by atoms with Gasteiger partial charge in [-0.25, -0.2) is 8.78 Å². The van der Waals surface area contributed by atoms with Gasteiger partial charge in [0.2, 0.25) is 5.91 Å². The molecule has 2 aliphatic heterocycles. The number of fused-ring (bicyclic) bond motifs is 1. The second kappa shape index (κ2) is 9.43. The molecule has 1 atom stereocenters. The topological polar surface area (TPSA) is 70.7 Å². The van der Waals surface area contributed by atoms with Crippen LogP contribution < -0.4 is 15.4 Å². The summed E-state index contributed by atoms with van der Waals surface area (Å²) in [5, 5.41) is 5.76. The average Bonchev–Trinajstić information content (AvgIpc) is 2.75. The van der Waals surface area contributed by atoms with Crippen molar-refractivity contribution in [2.24, 2.45) is 0 Å². The van der Waals surface area contributed by atoms with Gasteiger partial charge in [-0.3, -0.25) is 14.5 Å². The molecule has 31 heavy (non-hydrogen) atoms. The Morgan fingerprint density at radius 3 is 2.81 bits per heavy atom. The van der Waals surface area contributed by atoms with E-state index < -0.39 is 11.6 Å². The van der Waals surface area contributed by atoms with Gasteiger partial charge in [-0.15, -0.1) is 0 Å². The SMILES string of the molecule is O=C1CCc2cc(OCC(=O)NC3CCCN(Cc4c(F)cccc4F)C3)ccc2N1. The van der Waals surface area contributed by atoms with Crippen LogP contribution in [0.5, 0.6) is 5.75 Å². The number of halogens is 2. The second-order valence-corrected chi connectivity index (χ2v) is 8.00. The third kappa shape index (κ3) is 5.38. The Balaban J connectivity index is 1.27. The number of benzene rings is 2. The number of piperidine rings is 1. The summed E-state index contributed by atoms with van der Waals surface area (Å²) in [4.78, 5) is 25.7. The third-order valence-corrected chi connectivity index (χ3v) is 5.66. The Kier molecular flexibility index (Phi) is 6.46. The monoisotopic (exact) mass is 429 g/mol. The van der Waals surface area contributed by atoms with Gasteiger partial charge < -0.3 is 15.4 Å². The number of likely N-dealkylation sites (tertiary alicyclic amines) is 1. The molecule has 6 nitrogen and oxygen atoms in total. The first-order valence-electron chi connectivity index (χ1n) is 10.5. The van der Waals surface area contributed by atoms with Crippen LogP contribution in [0.3, 0.4) is 0 Å². The van der Waals surface area contributed by atoms with E-state index >= 15 is 0 Å². The van der Waals surface area contributed by atoms with Gasteiger partial charge in [0.05, 0.1) is 0 Å². The molecule has 0 bridgehead atoms. The van der Waals surface area contributed by atoms with E-state index in [9.17, 15) is 18.4 Å². The Bertz CT molecular complexity index is 962. The molecule has 2 aromatic carbocycles. The van der Waals surface area contributed by atoms with Gasteiger partial charge in [-0.2, -0.15) is 0 Å². The molecule has 4 rings (SSSR count). The van der Waals surface area contributed by atoms with Crippen molar-refractivity contribution in [2.45, 2.75) is 38.3 Å². The Hall–Kier alpha value is -3.00. The fourth-order valence-electron chi connectivity index (χ4n) is 4.09. The molecule has 0 aromatic heterocycles. The number of aryl methyl sites for hydroxylation is 1. The van der Waals surface area contributed by atoms with Crippen molar-refractivity contribution in [2.75, 3.05) is 25.0 Å². The molecule has 1 saturated heterocycles. The lowest BCUT2D eigenvalue weighted by molar-refractivity contribution is -0.124. The minimum atomic E-state index is -0.552. The molecule has 2 amide bonds. The summed E-state index contributed by atoms with van der Waals surface area (Å²) >= 11 is 0. The van der Waals surface area contributed by atoms with Gasteiger partial charge in [0.15, 0.2) is 6.61 Å². The second-order valence-electron chi connectivity index (χ2n) is 8.00. The number of ether oxygens (including phenoxy) is 1. The highest BCUT2D eigenvalue weighted by molar-refractivity contribution is 5.94. The fourth-order valence-corrected chi connectivity index (χ4v) is 4.09. The van der Waals surface area contributed by atoms with E-state index in [1.807, 2.05) is 11.0 Å². The zero-order valence-corrected chi connectivity index (χ0v) is 17.1. The number of carbonyl (C=O) groups is 2. The number of hydrogen-bond donors (Lipinski definition) is 2. The number of nitrogens with zero attached hydrogens (tertiary/aromatic N) is 1. The summed E-state index contributed by atoms with van der Waals surface area (Å²) in [7, 11) is 0. The van der Waals surface area contributed by atoms with E-state index in [-0.39, 0.29) is 36.6 Å². The standard InChI is InChI=1S/C23H25F2N3O3/c24-19-4-1-5-20(25)18(19)13-28-10-2-3-16(12-28)26-23(30)14-31-17-7-8-21-15(11-17)6-9-22(29)27-21/h1,4-5,7-8,11,16H,2-3,6,9-10,12-14H2,(H,26,30)(H,27,29). The predicted octanol–water partition coefficient (Wildman–Crippen LogP) is 3.01. The van der Waals surface area contributed by atoms with Crippen molar-refractivity contribution < 1.29 is 23.1 Å². The van der Waals surface area contributed by atoms with Crippen molar-refractivity contribution >= 4 is 17.5 Å². The minimum absolute atomic E-state index is 0.000173. The summed E-state index contributed by atoms with van der Waals surface area (Å²) in [6.45, 7) is 1.30. The molecule has 1 unspecified atom stereocenters. The normalized spacial score (nSPS) is 18.8. The number of rotatable bonds is 6. The molecular weight excluding hydrogens is 404 g/mol. The average molecular weight is 429 g/mol. The number of anilines is 1. The molecule has 164 valence electrons. The van der Waals surface area contributed by atoms with Crippen LogP contribution in [-0.2, 0) is 22.6 Å². The van der Waals surface area contributed by atoms with Gasteiger partial charge >= 0.3 is 0 Å². The molecule has 2 aromatic rings. The van der Waals surface area contributed by atoms with E-state index in [2.05, 4.69) is 10.6 Å². The maximum atomic E-state index is 13.9. The van der Waals surface area contributed by atoms with Gasteiger partial charge in [0, 0.05) is 36.8 Å². The van der Waals surface area contributed by atoms with Crippen LogP contribution in [0, 0.1) is 11.6 Å². The van der Waals surface area contributed by atoms with Crippen molar-refractivity contribution in [1.29, 1.82) is 0 Å². The van der Waals surface area contributed by atoms with Crippen LogP contribution in [0.15, 0.2) is 36.4 Å². The Morgan fingerprint density at radius 1 is 1.19 bits per heavy atom. The highest BCUT2D eigenvalue weighted by Gasteiger charge is 2.23. The summed E-state index contributed by atoms with van der Waals surface area (Å²) in [5.41, 5.74) is 1.82. The van der Waals surface area contributed by atoms with Crippen molar-refractivity contribution in [3.05, 3.63) is 59.2 Å². The Labute approximate surface area is 179 Å². The van der Waals surface area contributed by atoms with Gasteiger partial charge in [-0.05, 0) is 61.7 Å². The quantitative estimate of drug-likeness (QED) is 0.741. The molecule has 1 fully saturated rings. The van der Waals surface area contributed by atoms with Crippen molar-refractivity contribution in [1.82, 2.24) is 10.2 Å². The van der Waals surface area contributed by atoms with Crippen LogP contribution in [0.2, 0.25) is 0 Å². The van der Waals surface area contributed by atoms with Crippen LogP contribution in [0.25, 0.3) is 0 Å². The van der Waals surface area contributed by atoms with Crippen LogP contribution in [-0.4, -0.2) is 42.5 Å². The largest absolute Gasteiger partial charge is 0.484 e. The van der Waals surface area contributed by atoms with E-state index in [1.165, 1.54) is 18.2 Å². The van der Waals surface area contributed by atoms with Crippen molar-refractivity contribution in [3.63, 3.8) is 0 Å². The molecule has 0 radical (unpaired) electrons. The summed E-state index contributed by atoms with van der Waals surface area (Å²) in [6, 6.07) is 9.11. The van der Waals surface area contributed by atoms with Crippen molar-refractivity contribution in [3.8, 4) is 5.75 Å². The highest BCUT2D eigenvalue weighted by atomic mass is 19.1. The lowest BCUT2D eigenvalue weighted by Crippen LogP contribution is -2.48. The summed E-state index contributed by atoms with van der Waals surface area (Å²) in [6.07, 6.45) is 2.72. The zero-order valence-electron chi connectivity index (χ0n) is 17.1. The third-order valence-electron chi connectivity index (χ3n) is 5.66. The molecule has 8 heteroatoms. The highest BCUT2D eigenvalue weighted by Crippen LogP contribution is 2.26. The van der Waals surface area contributed by atoms with Crippen LogP contribution in [0.1, 0.15) is 30.4 Å². The Morgan fingerprint density at radius 2 is 2.00 bits per heavy atom. The first kappa shape index (κ1) is 21.2. The maximum Gasteiger partial charge on any atom is 0.258 e. The smallest absolute Gasteiger partial charge is 0.258 e. The van der Waals surface area contributed by atoms with Crippen LogP contribution in [0.4, 0.5) is 14.5 Å². The number of carbonyl (C=O) groups excluding carboxylic acids is 2. The molecule has 2 heterocycles. The number of hydrogen-bond acceptors (Lipinski definition) is 4. The summed E-state index contributed by atoms with van der Waals surface area (Å²) < 4.78 is 33.5. The summed E-state index contributed by atoms with van der Waals surface area (Å²) in [5.74, 6) is -0.770. The molecule has 2 N–H and O–H groups in total. The van der Waals surface area contributed by atoms with E-state index in [0.717, 1.165) is 30.6 Å². The predicted molar refractivity (Wildman–Crippen MR) is 112 cm³/mol. The van der Waals surface area contributed by atoms with E-state index in [0.29, 0.717) is 25.1 Å². The molecule has 0 spiro atoms. The molecular formula is C23H25F2N3O3. The fraction of sp³-hybridized carbons (Fsp3) is 0.391.